The molecule has 6 nitrogen and oxygen atoms in total. The third-order valence-corrected chi connectivity index (χ3v) is 5.44. The van der Waals surface area contributed by atoms with Gasteiger partial charge in [0.05, 0.1) is 12.2 Å². The van der Waals surface area contributed by atoms with Crippen LogP contribution in [0.5, 0.6) is 0 Å². The number of benzene rings is 1. The summed E-state index contributed by atoms with van der Waals surface area (Å²) >= 11 is 12.3. The Kier molecular flexibility index (Phi) is 7.34. The molecule has 3 rings (SSSR count). The van der Waals surface area contributed by atoms with Crippen molar-refractivity contribution in [2.45, 2.75) is 32.7 Å². The molecule has 154 valence electrons. The first-order valence-electron chi connectivity index (χ1n) is 9.54. The van der Waals surface area contributed by atoms with Crippen LogP contribution in [0, 0.1) is 6.92 Å². The van der Waals surface area contributed by atoms with Gasteiger partial charge in [-0.1, -0.05) is 35.3 Å². The number of piperidine rings is 1. The van der Waals surface area contributed by atoms with Crippen molar-refractivity contribution in [2.24, 2.45) is 0 Å². The molecular formula is C21H23Cl2N3O3. The lowest BCUT2D eigenvalue weighted by Crippen LogP contribution is -2.38. The zero-order valence-electron chi connectivity index (χ0n) is 16.2. The molecule has 1 aromatic heterocycles. The minimum atomic E-state index is -0.587. The van der Waals surface area contributed by atoms with Crippen molar-refractivity contribution in [3.05, 3.63) is 57.3 Å². The molecule has 8 heteroatoms. The highest BCUT2D eigenvalue weighted by molar-refractivity contribution is 6.31. The number of rotatable bonds is 6. The van der Waals surface area contributed by atoms with Crippen LogP contribution in [0.15, 0.2) is 30.3 Å². The van der Waals surface area contributed by atoms with E-state index in [0.29, 0.717) is 28.0 Å². The Hall–Kier alpha value is -2.31. The maximum Gasteiger partial charge on any atom is 0.331 e. The van der Waals surface area contributed by atoms with Gasteiger partial charge in [0.15, 0.2) is 6.61 Å². The lowest BCUT2D eigenvalue weighted by atomic mass is 10.1. The molecule has 0 atom stereocenters. The zero-order chi connectivity index (χ0) is 20.8. The maximum atomic E-state index is 12.1. The third kappa shape index (κ3) is 5.84. The van der Waals surface area contributed by atoms with Crippen LogP contribution in [-0.2, 0) is 20.9 Å². The number of aryl methyl sites for hydroxylation is 1. The van der Waals surface area contributed by atoms with E-state index in [1.54, 1.807) is 15.7 Å². The van der Waals surface area contributed by atoms with Crippen molar-refractivity contribution >= 4 is 41.2 Å². The first kappa shape index (κ1) is 21.4. The van der Waals surface area contributed by atoms with Gasteiger partial charge >= 0.3 is 5.97 Å². The fraction of sp³-hybridized carbons (Fsp3) is 0.381. The van der Waals surface area contributed by atoms with Crippen molar-refractivity contribution < 1.29 is 14.3 Å². The molecule has 29 heavy (non-hydrogen) atoms. The van der Waals surface area contributed by atoms with E-state index in [9.17, 15) is 9.59 Å². The number of carbonyl (C=O) groups excluding carboxylic acids is 2. The summed E-state index contributed by atoms with van der Waals surface area (Å²) in [5, 5.41) is 5.52. The molecule has 1 aromatic carbocycles. The predicted octanol–water partition coefficient (Wildman–Crippen LogP) is 4.12. The third-order valence-electron chi connectivity index (χ3n) is 4.79. The Balaban J connectivity index is 1.58. The molecule has 1 fully saturated rings. The highest BCUT2D eigenvalue weighted by Gasteiger charge is 2.17. The highest BCUT2D eigenvalue weighted by Crippen LogP contribution is 2.23. The summed E-state index contributed by atoms with van der Waals surface area (Å²) in [7, 11) is 0. The van der Waals surface area contributed by atoms with Gasteiger partial charge in [0.25, 0.3) is 5.91 Å². The molecule has 1 amide bonds. The molecule has 0 spiro atoms. The predicted molar refractivity (Wildman–Crippen MR) is 113 cm³/mol. The first-order valence-corrected chi connectivity index (χ1v) is 10.3. The van der Waals surface area contributed by atoms with Crippen molar-refractivity contribution in [1.82, 2.24) is 14.7 Å². The molecule has 0 saturated carbocycles. The summed E-state index contributed by atoms with van der Waals surface area (Å²) in [5.41, 5.74) is 2.34. The number of amides is 1. The standard InChI is InChI=1S/C21H23Cl2N3O3/c1-15-18(21(23)26(24-15)13-16-5-7-17(22)8-6-16)9-10-20(28)29-14-19(27)25-11-3-2-4-12-25/h5-10H,2-4,11-14H2,1H3/b10-9+. The summed E-state index contributed by atoms with van der Waals surface area (Å²) in [6.45, 7) is 3.52. The van der Waals surface area contributed by atoms with Crippen LogP contribution in [-0.4, -0.2) is 46.3 Å². The fourth-order valence-electron chi connectivity index (χ4n) is 3.19. The van der Waals surface area contributed by atoms with Gasteiger partial charge in [-0.05, 0) is 50.0 Å². The van der Waals surface area contributed by atoms with Crippen LogP contribution in [0.1, 0.15) is 36.1 Å². The molecule has 0 N–H and O–H groups in total. The summed E-state index contributed by atoms with van der Waals surface area (Å²) in [6.07, 6.45) is 5.97. The summed E-state index contributed by atoms with van der Waals surface area (Å²) < 4.78 is 6.73. The Bertz CT molecular complexity index is 901. The second-order valence-corrected chi connectivity index (χ2v) is 7.75. The van der Waals surface area contributed by atoms with E-state index in [-0.39, 0.29) is 12.5 Å². The van der Waals surface area contributed by atoms with Gasteiger partial charge in [-0.3, -0.25) is 4.79 Å². The topological polar surface area (TPSA) is 64.4 Å². The number of likely N-dealkylation sites (tertiary alicyclic amines) is 1. The normalized spacial score (nSPS) is 14.4. The molecule has 1 aliphatic rings. The van der Waals surface area contributed by atoms with Gasteiger partial charge in [0, 0.05) is 29.8 Å². The van der Waals surface area contributed by atoms with Gasteiger partial charge in [-0.15, -0.1) is 0 Å². The second-order valence-electron chi connectivity index (χ2n) is 6.96. The monoisotopic (exact) mass is 435 g/mol. The van der Waals surface area contributed by atoms with Crippen LogP contribution in [0.4, 0.5) is 0 Å². The number of esters is 1. The van der Waals surface area contributed by atoms with Crippen LogP contribution in [0.25, 0.3) is 6.08 Å². The summed E-state index contributed by atoms with van der Waals surface area (Å²) in [5.74, 6) is -0.743. The Morgan fingerprint density at radius 3 is 2.52 bits per heavy atom. The first-order chi connectivity index (χ1) is 13.9. The van der Waals surface area contributed by atoms with Crippen molar-refractivity contribution in [3.63, 3.8) is 0 Å². The average molecular weight is 436 g/mol. The van der Waals surface area contributed by atoms with Crippen LogP contribution < -0.4 is 0 Å². The quantitative estimate of drug-likeness (QED) is 0.505. The lowest BCUT2D eigenvalue weighted by molar-refractivity contribution is -0.148. The fourth-order valence-corrected chi connectivity index (χ4v) is 3.61. The Labute approximate surface area is 180 Å². The van der Waals surface area contributed by atoms with Gasteiger partial charge in [0.2, 0.25) is 0 Å². The molecule has 0 unspecified atom stereocenters. The van der Waals surface area contributed by atoms with Crippen molar-refractivity contribution in [2.75, 3.05) is 19.7 Å². The van der Waals surface area contributed by atoms with E-state index >= 15 is 0 Å². The molecular weight excluding hydrogens is 413 g/mol. The average Bonchev–Trinajstić information content (AvgIpc) is 2.99. The molecule has 2 aromatic rings. The number of ether oxygens (including phenoxy) is 1. The van der Waals surface area contributed by atoms with E-state index in [1.807, 2.05) is 31.2 Å². The maximum absolute atomic E-state index is 12.1. The zero-order valence-corrected chi connectivity index (χ0v) is 17.7. The number of nitrogens with zero attached hydrogens (tertiary/aromatic N) is 3. The van der Waals surface area contributed by atoms with Crippen LogP contribution in [0.2, 0.25) is 10.2 Å². The van der Waals surface area contributed by atoms with Gasteiger partial charge < -0.3 is 9.64 Å². The number of halogens is 2. The van der Waals surface area contributed by atoms with E-state index in [2.05, 4.69) is 5.10 Å². The summed E-state index contributed by atoms with van der Waals surface area (Å²) in [4.78, 5) is 25.8. The Morgan fingerprint density at radius 1 is 1.14 bits per heavy atom. The van der Waals surface area contributed by atoms with Crippen LogP contribution >= 0.6 is 23.2 Å². The van der Waals surface area contributed by atoms with Gasteiger partial charge in [-0.2, -0.15) is 5.10 Å². The highest BCUT2D eigenvalue weighted by atomic mass is 35.5. The van der Waals surface area contributed by atoms with E-state index in [0.717, 1.165) is 37.9 Å². The molecule has 0 aliphatic carbocycles. The number of aromatic nitrogens is 2. The smallest absolute Gasteiger partial charge is 0.331 e. The molecule has 0 bridgehead atoms. The SMILES string of the molecule is Cc1nn(Cc2ccc(Cl)cc2)c(Cl)c1/C=C/C(=O)OCC(=O)N1CCCCC1. The van der Waals surface area contributed by atoms with E-state index < -0.39 is 5.97 Å². The number of hydrogen-bond acceptors (Lipinski definition) is 4. The number of hydrogen-bond donors (Lipinski definition) is 0. The lowest BCUT2D eigenvalue weighted by Gasteiger charge is -2.26. The van der Waals surface area contributed by atoms with Crippen molar-refractivity contribution in [1.29, 1.82) is 0 Å². The number of carbonyl (C=O) groups is 2. The molecule has 0 radical (unpaired) electrons. The minimum Gasteiger partial charge on any atom is -0.452 e. The molecule has 1 saturated heterocycles. The van der Waals surface area contributed by atoms with Gasteiger partial charge in [0.1, 0.15) is 5.15 Å². The van der Waals surface area contributed by atoms with Gasteiger partial charge in [-0.25, -0.2) is 9.48 Å². The summed E-state index contributed by atoms with van der Waals surface area (Å²) in [6, 6.07) is 7.43. The van der Waals surface area contributed by atoms with Crippen molar-refractivity contribution in [3.8, 4) is 0 Å². The molecule has 1 aliphatic heterocycles. The van der Waals surface area contributed by atoms with E-state index in [4.69, 9.17) is 27.9 Å². The minimum absolute atomic E-state index is 0.156. The largest absolute Gasteiger partial charge is 0.452 e. The van der Waals surface area contributed by atoms with E-state index in [1.165, 1.54) is 6.08 Å². The molecule has 2 heterocycles. The Morgan fingerprint density at radius 2 is 1.83 bits per heavy atom. The van der Waals surface area contributed by atoms with Crippen LogP contribution in [0.3, 0.4) is 0 Å². The second kappa shape index (κ2) is 9.94.